The van der Waals surface area contributed by atoms with Crippen LogP contribution in [0.1, 0.15) is 48.5 Å². The Morgan fingerprint density at radius 1 is 1.20 bits per heavy atom. The van der Waals surface area contributed by atoms with E-state index in [0.29, 0.717) is 23.8 Å². The molecule has 3 nitrogen and oxygen atoms in total. The number of rotatable bonds is 0. The number of ketones is 1. The summed E-state index contributed by atoms with van der Waals surface area (Å²) in [7, 11) is 0. The van der Waals surface area contributed by atoms with Crippen molar-refractivity contribution >= 4 is 11.8 Å². The van der Waals surface area contributed by atoms with Crippen molar-refractivity contribution in [1.82, 2.24) is 0 Å². The van der Waals surface area contributed by atoms with Gasteiger partial charge < -0.3 is 4.74 Å². The lowest BCUT2D eigenvalue weighted by Crippen LogP contribution is -2.53. The lowest BCUT2D eigenvalue weighted by atomic mass is 9.56. The maximum atomic E-state index is 12.4. The normalized spacial score (nSPS) is 38.8. The molecule has 3 aliphatic rings. The van der Waals surface area contributed by atoms with Crippen LogP contribution in [0.25, 0.3) is 0 Å². The van der Waals surface area contributed by atoms with Crippen LogP contribution in [-0.2, 0) is 15.1 Å². The van der Waals surface area contributed by atoms with Crippen LogP contribution < -0.4 is 0 Å². The minimum absolute atomic E-state index is 0.141. The van der Waals surface area contributed by atoms with Crippen molar-refractivity contribution in [3.8, 4) is 0 Å². The van der Waals surface area contributed by atoms with Gasteiger partial charge in [-0.3, -0.25) is 4.79 Å². The molecule has 4 rings (SSSR count). The molecule has 0 N–H and O–H groups in total. The average molecular weight is 270 g/mol. The largest absolute Gasteiger partial charge is 0.449 e. The maximum Gasteiger partial charge on any atom is 0.339 e. The number of hydrogen-bond donors (Lipinski definition) is 0. The van der Waals surface area contributed by atoms with Gasteiger partial charge in [0.25, 0.3) is 0 Å². The molecule has 2 aliphatic carbocycles. The van der Waals surface area contributed by atoms with E-state index in [4.69, 9.17) is 4.74 Å². The highest BCUT2D eigenvalue weighted by Crippen LogP contribution is 2.58. The molecule has 2 bridgehead atoms. The van der Waals surface area contributed by atoms with Crippen LogP contribution in [0.5, 0.6) is 0 Å². The number of fused-ring (bicyclic) bond motifs is 1. The summed E-state index contributed by atoms with van der Waals surface area (Å²) in [6, 6.07) is 7.61. The average Bonchev–Trinajstić information content (AvgIpc) is 2.72. The summed E-state index contributed by atoms with van der Waals surface area (Å²) in [6.45, 7) is 2.20. The number of ether oxygens (including phenoxy) is 1. The van der Waals surface area contributed by atoms with Crippen molar-refractivity contribution in [3.63, 3.8) is 0 Å². The molecule has 0 radical (unpaired) electrons. The highest BCUT2D eigenvalue weighted by Gasteiger charge is 2.61. The third-order valence-electron chi connectivity index (χ3n) is 5.41. The van der Waals surface area contributed by atoms with Gasteiger partial charge in [0, 0.05) is 17.9 Å². The first kappa shape index (κ1) is 12.1. The zero-order valence-corrected chi connectivity index (χ0v) is 11.6. The van der Waals surface area contributed by atoms with E-state index in [9.17, 15) is 9.59 Å². The molecule has 1 heterocycles. The molecular formula is C17H18O3. The fourth-order valence-corrected chi connectivity index (χ4v) is 4.64. The lowest BCUT2D eigenvalue weighted by molar-refractivity contribution is -0.160. The summed E-state index contributed by atoms with van der Waals surface area (Å²) in [6.07, 6.45) is 3.38. The Morgan fingerprint density at radius 3 is 2.85 bits per heavy atom. The summed E-state index contributed by atoms with van der Waals surface area (Å²) in [5, 5.41) is 0. The second-order valence-electron chi connectivity index (χ2n) is 6.56. The van der Waals surface area contributed by atoms with E-state index < -0.39 is 5.60 Å². The van der Waals surface area contributed by atoms with E-state index >= 15 is 0 Å². The van der Waals surface area contributed by atoms with Crippen molar-refractivity contribution in [2.75, 3.05) is 0 Å². The molecule has 1 aromatic rings. The van der Waals surface area contributed by atoms with Gasteiger partial charge >= 0.3 is 5.97 Å². The Balaban J connectivity index is 1.92. The van der Waals surface area contributed by atoms with Crippen molar-refractivity contribution in [1.29, 1.82) is 0 Å². The van der Waals surface area contributed by atoms with Crippen LogP contribution in [0.4, 0.5) is 0 Å². The van der Waals surface area contributed by atoms with Crippen molar-refractivity contribution in [2.24, 2.45) is 17.8 Å². The maximum absolute atomic E-state index is 12.4. The molecular weight excluding hydrogens is 252 g/mol. The van der Waals surface area contributed by atoms with Crippen molar-refractivity contribution < 1.29 is 14.3 Å². The summed E-state index contributed by atoms with van der Waals surface area (Å²) in [5.74, 6) is 0.711. The van der Waals surface area contributed by atoms with E-state index in [1.54, 1.807) is 0 Å². The topological polar surface area (TPSA) is 43.4 Å². The zero-order chi connectivity index (χ0) is 13.9. The molecule has 20 heavy (non-hydrogen) atoms. The Hall–Kier alpha value is -1.64. The first-order valence-electron chi connectivity index (χ1n) is 7.48. The van der Waals surface area contributed by atoms with Gasteiger partial charge in [-0.2, -0.15) is 0 Å². The molecule has 2 saturated carbocycles. The number of carbonyl (C=O) groups excluding carboxylic acids is 2. The number of benzene rings is 1. The van der Waals surface area contributed by atoms with E-state index in [2.05, 4.69) is 6.92 Å². The van der Waals surface area contributed by atoms with Crippen LogP contribution in [-0.4, -0.2) is 11.8 Å². The molecule has 1 aromatic carbocycles. The molecule has 0 aromatic heterocycles. The lowest BCUT2D eigenvalue weighted by Gasteiger charge is -2.50. The molecule has 2 fully saturated rings. The summed E-state index contributed by atoms with van der Waals surface area (Å²) >= 11 is 0. The number of hydrogen-bond acceptors (Lipinski definition) is 3. The summed E-state index contributed by atoms with van der Waals surface area (Å²) < 4.78 is 5.89. The fourth-order valence-electron chi connectivity index (χ4n) is 4.64. The SMILES string of the molecule is CC1CC2CCC(=O)C(C1)C21OC(=O)c2ccccc21. The predicted octanol–water partition coefficient (Wildman–Crippen LogP) is 3.08. The summed E-state index contributed by atoms with van der Waals surface area (Å²) in [4.78, 5) is 24.7. The molecule has 0 saturated heterocycles. The van der Waals surface area contributed by atoms with Gasteiger partial charge in [0.2, 0.25) is 0 Å². The van der Waals surface area contributed by atoms with Crippen LogP contribution in [0.2, 0.25) is 0 Å². The number of carbonyl (C=O) groups is 2. The monoisotopic (exact) mass is 270 g/mol. The second kappa shape index (κ2) is 3.94. The Labute approximate surface area is 118 Å². The van der Waals surface area contributed by atoms with Crippen LogP contribution in [0.15, 0.2) is 24.3 Å². The Kier molecular flexibility index (Phi) is 2.39. The third-order valence-corrected chi connectivity index (χ3v) is 5.41. The molecule has 104 valence electrons. The van der Waals surface area contributed by atoms with Crippen LogP contribution >= 0.6 is 0 Å². The number of Topliss-reactive ketones (excluding diaryl/α,β-unsaturated/α-hetero) is 1. The minimum Gasteiger partial charge on any atom is -0.449 e. The second-order valence-corrected chi connectivity index (χ2v) is 6.56. The van der Waals surface area contributed by atoms with Gasteiger partial charge in [0.15, 0.2) is 5.60 Å². The number of esters is 1. The standard InChI is InChI=1S/C17H18O3/c1-10-8-11-6-7-15(18)14(9-10)17(11)13-5-3-2-4-12(13)16(19)20-17/h2-5,10-11,14H,6-9H2,1H3. The minimum atomic E-state index is -0.657. The van der Waals surface area contributed by atoms with Gasteiger partial charge in [-0.1, -0.05) is 25.1 Å². The zero-order valence-electron chi connectivity index (χ0n) is 11.6. The van der Waals surface area contributed by atoms with Crippen molar-refractivity contribution in [3.05, 3.63) is 35.4 Å². The predicted molar refractivity (Wildman–Crippen MR) is 73.2 cm³/mol. The Bertz CT molecular complexity index is 606. The van der Waals surface area contributed by atoms with E-state index in [1.807, 2.05) is 24.3 Å². The molecule has 4 unspecified atom stereocenters. The molecule has 1 spiro atoms. The van der Waals surface area contributed by atoms with Crippen LogP contribution in [0.3, 0.4) is 0 Å². The molecule has 4 atom stereocenters. The molecule has 3 heteroatoms. The first-order valence-corrected chi connectivity index (χ1v) is 7.48. The van der Waals surface area contributed by atoms with Crippen LogP contribution in [0, 0.1) is 17.8 Å². The molecule has 0 amide bonds. The first-order chi connectivity index (χ1) is 9.63. The van der Waals surface area contributed by atoms with E-state index in [0.717, 1.165) is 24.8 Å². The van der Waals surface area contributed by atoms with E-state index in [1.165, 1.54) is 0 Å². The molecule has 1 aliphatic heterocycles. The van der Waals surface area contributed by atoms with Gasteiger partial charge in [0.05, 0.1) is 11.5 Å². The third kappa shape index (κ3) is 1.36. The van der Waals surface area contributed by atoms with Gasteiger partial charge in [0.1, 0.15) is 5.78 Å². The highest BCUT2D eigenvalue weighted by atomic mass is 16.6. The van der Waals surface area contributed by atoms with Gasteiger partial charge in [-0.25, -0.2) is 4.79 Å². The summed E-state index contributed by atoms with van der Waals surface area (Å²) in [5.41, 5.74) is 0.960. The Morgan fingerprint density at radius 2 is 2.00 bits per heavy atom. The quantitative estimate of drug-likeness (QED) is 0.680. The van der Waals surface area contributed by atoms with Crippen molar-refractivity contribution in [2.45, 2.75) is 38.2 Å². The van der Waals surface area contributed by atoms with Gasteiger partial charge in [-0.05, 0) is 31.2 Å². The van der Waals surface area contributed by atoms with Gasteiger partial charge in [-0.15, -0.1) is 0 Å². The fraction of sp³-hybridized carbons (Fsp3) is 0.529. The van der Waals surface area contributed by atoms with E-state index in [-0.39, 0.29) is 17.7 Å². The highest BCUT2D eigenvalue weighted by molar-refractivity contribution is 5.96. The smallest absolute Gasteiger partial charge is 0.339 e.